The molecule has 3 fully saturated rings. The Kier molecular flexibility index (Phi) is 8.99. The molecular formula is C35H35Cl2FN4O6. The second-order valence-corrected chi connectivity index (χ2v) is 13.9. The van der Waals surface area contributed by atoms with Gasteiger partial charge in [0.25, 0.3) is 5.69 Å². The Morgan fingerprint density at radius 2 is 1.83 bits per heavy atom. The molecule has 0 spiro atoms. The van der Waals surface area contributed by atoms with E-state index in [1.54, 1.807) is 50.2 Å². The van der Waals surface area contributed by atoms with E-state index in [0.29, 0.717) is 35.2 Å². The number of aryl methyl sites for hydroxylation is 1. The van der Waals surface area contributed by atoms with Crippen molar-refractivity contribution in [1.82, 2.24) is 4.90 Å². The van der Waals surface area contributed by atoms with E-state index in [-0.39, 0.29) is 33.9 Å². The van der Waals surface area contributed by atoms with Crippen molar-refractivity contribution < 1.29 is 28.4 Å². The molecule has 0 radical (unpaired) electrons. The average Bonchev–Trinajstić information content (AvgIpc) is 3.82. The lowest BCUT2D eigenvalue weighted by molar-refractivity contribution is -0.384. The number of nitrogens with zero attached hydrogens (tertiary/aromatic N) is 3. The number of halogens is 3. The van der Waals surface area contributed by atoms with Gasteiger partial charge in [0.05, 0.1) is 28.5 Å². The number of carbonyl (C=O) groups excluding carboxylic acids is 3. The van der Waals surface area contributed by atoms with Crippen molar-refractivity contribution in [2.45, 2.75) is 57.5 Å². The van der Waals surface area contributed by atoms with Gasteiger partial charge in [0.1, 0.15) is 17.0 Å². The van der Waals surface area contributed by atoms with Crippen LogP contribution in [0.4, 0.5) is 21.5 Å². The highest BCUT2D eigenvalue weighted by atomic mass is 35.5. The minimum Gasteiger partial charge on any atom is -0.465 e. The predicted molar refractivity (Wildman–Crippen MR) is 180 cm³/mol. The summed E-state index contributed by atoms with van der Waals surface area (Å²) in [6.07, 6.45) is 2.29. The van der Waals surface area contributed by atoms with Crippen LogP contribution in [0.2, 0.25) is 10.0 Å². The normalized spacial score (nSPS) is 23.9. The van der Waals surface area contributed by atoms with Crippen LogP contribution in [0.15, 0.2) is 48.5 Å². The number of rotatable bonds is 8. The first-order chi connectivity index (χ1) is 22.8. The molecule has 6 rings (SSSR count). The van der Waals surface area contributed by atoms with Crippen molar-refractivity contribution in [3.05, 3.63) is 96.8 Å². The van der Waals surface area contributed by atoms with Gasteiger partial charge in [-0.2, -0.15) is 0 Å². The molecule has 3 aromatic carbocycles. The van der Waals surface area contributed by atoms with Gasteiger partial charge >= 0.3 is 5.97 Å². The van der Waals surface area contributed by atoms with Crippen LogP contribution in [0.25, 0.3) is 0 Å². The van der Waals surface area contributed by atoms with E-state index in [9.17, 15) is 24.5 Å². The Bertz CT molecular complexity index is 1850. The number of methoxy groups -OCH3 is 1. The van der Waals surface area contributed by atoms with Crippen LogP contribution < -0.4 is 10.2 Å². The molecule has 13 heteroatoms. The van der Waals surface area contributed by atoms with Crippen molar-refractivity contribution in [2.75, 3.05) is 30.4 Å². The fraction of sp³-hybridized carbons (Fsp3) is 0.400. The Labute approximate surface area is 287 Å². The summed E-state index contributed by atoms with van der Waals surface area (Å²) in [5, 5.41) is 15.8. The Morgan fingerprint density at radius 3 is 2.48 bits per heavy atom. The first kappa shape index (κ1) is 33.8. The molecule has 2 heterocycles. The van der Waals surface area contributed by atoms with Crippen molar-refractivity contribution in [3.63, 3.8) is 0 Å². The van der Waals surface area contributed by atoms with Gasteiger partial charge in [-0.15, -0.1) is 0 Å². The average molecular weight is 698 g/mol. The Balaban J connectivity index is 1.52. The number of likely N-dealkylation sites (tertiary alicyclic amines) is 1. The number of esters is 1. The van der Waals surface area contributed by atoms with Crippen LogP contribution in [-0.4, -0.2) is 59.4 Å². The summed E-state index contributed by atoms with van der Waals surface area (Å²) >= 11 is 12.5. The van der Waals surface area contributed by atoms with E-state index >= 15 is 4.39 Å². The maximum absolute atomic E-state index is 16.1. The molecule has 0 aromatic heterocycles. The molecule has 2 saturated heterocycles. The first-order valence-electron chi connectivity index (χ1n) is 15.8. The molecule has 2 aliphatic heterocycles. The van der Waals surface area contributed by atoms with Crippen molar-refractivity contribution in [1.29, 1.82) is 0 Å². The molecular weight excluding hydrogens is 662 g/mol. The predicted octanol–water partition coefficient (Wildman–Crippen LogP) is 7.07. The van der Waals surface area contributed by atoms with Crippen LogP contribution in [0.1, 0.15) is 59.2 Å². The number of fused-ring (bicyclic) bond motifs is 1. The SMILES string of the molecule is COC(=O)c1c(C)cc(N2CC[C@H]3[C@@H](C2=O)[C@H](c2cccc(Cl)c2F)[C@](C)(C(=O)Nc2cccc(Cl)c2)N3CC2CC2)c([N+](=O)[O-])c1C. The quantitative estimate of drug-likeness (QED) is 0.152. The highest BCUT2D eigenvalue weighted by Gasteiger charge is 2.65. The zero-order valence-corrected chi connectivity index (χ0v) is 28.4. The van der Waals surface area contributed by atoms with Crippen molar-refractivity contribution in [3.8, 4) is 0 Å². The summed E-state index contributed by atoms with van der Waals surface area (Å²) in [6, 6.07) is 12.2. The van der Waals surface area contributed by atoms with Gasteiger partial charge in [-0.25, -0.2) is 9.18 Å². The summed E-state index contributed by atoms with van der Waals surface area (Å²) < 4.78 is 21.0. The summed E-state index contributed by atoms with van der Waals surface area (Å²) in [7, 11) is 1.19. The zero-order valence-electron chi connectivity index (χ0n) is 26.9. The van der Waals surface area contributed by atoms with Crippen molar-refractivity contribution in [2.24, 2.45) is 11.8 Å². The molecule has 1 N–H and O–H groups in total. The van der Waals surface area contributed by atoms with Crippen molar-refractivity contribution >= 4 is 58.0 Å². The monoisotopic (exact) mass is 696 g/mol. The molecule has 4 atom stereocenters. The van der Waals surface area contributed by atoms with Crippen LogP contribution in [0.5, 0.6) is 0 Å². The summed E-state index contributed by atoms with van der Waals surface area (Å²) in [6.45, 7) is 5.43. The third-order valence-electron chi connectivity index (χ3n) is 10.2. The fourth-order valence-corrected chi connectivity index (χ4v) is 8.15. The third kappa shape index (κ3) is 5.61. The van der Waals surface area contributed by atoms with Crippen LogP contribution in [-0.2, 0) is 14.3 Å². The molecule has 1 aliphatic carbocycles. The number of ether oxygens (including phenoxy) is 1. The molecule has 10 nitrogen and oxygen atoms in total. The van der Waals surface area contributed by atoms with E-state index in [1.807, 2.05) is 4.90 Å². The van der Waals surface area contributed by atoms with E-state index in [2.05, 4.69) is 5.32 Å². The maximum Gasteiger partial charge on any atom is 0.338 e. The summed E-state index contributed by atoms with van der Waals surface area (Å²) in [5.41, 5.74) is -0.727. The number of hydrogen-bond acceptors (Lipinski definition) is 7. The molecule has 3 aliphatic rings. The zero-order chi connectivity index (χ0) is 34.7. The van der Waals surface area contributed by atoms with Crippen LogP contribution >= 0.6 is 23.2 Å². The van der Waals surface area contributed by atoms with Gasteiger partial charge in [0, 0.05) is 41.3 Å². The molecule has 252 valence electrons. The van der Waals surface area contributed by atoms with Gasteiger partial charge < -0.3 is 15.0 Å². The van der Waals surface area contributed by atoms with E-state index in [1.165, 1.54) is 31.1 Å². The van der Waals surface area contributed by atoms with E-state index in [4.69, 9.17) is 27.9 Å². The summed E-state index contributed by atoms with van der Waals surface area (Å²) in [5.74, 6) is -4.08. The third-order valence-corrected chi connectivity index (χ3v) is 10.7. The topological polar surface area (TPSA) is 122 Å². The van der Waals surface area contributed by atoms with E-state index < -0.39 is 57.6 Å². The number of hydrogen-bond donors (Lipinski definition) is 1. The Morgan fingerprint density at radius 1 is 1.12 bits per heavy atom. The molecule has 2 amide bonds. The number of benzene rings is 3. The molecule has 3 aromatic rings. The standard InChI is InChI=1S/C35H35Cl2FN4O6/c1-18-15-26(31(42(46)47)19(2)27(18)33(44)48-4)40-14-13-25-28(32(40)43)29(23-9-6-10-24(37)30(23)38)35(3,41(25)17-20-11-12-20)34(45)39-22-8-5-7-21(36)16-22/h5-10,15-16,20,25,28-29H,11-14,17H2,1-4H3,(H,39,45)/t25-,28+,29-,35+/m0/s1. The fourth-order valence-electron chi connectivity index (χ4n) is 7.78. The number of nitro benzene ring substituents is 1. The second kappa shape index (κ2) is 12.8. The minimum absolute atomic E-state index is 0.0298. The minimum atomic E-state index is -1.44. The molecule has 48 heavy (non-hydrogen) atoms. The maximum atomic E-state index is 16.1. The highest BCUT2D eigenvalue weighted by Crippen LogP contribution is 2.55. The summed E-state index contributed by atoms with van der Waals surface area (Å²) in [4.78, 5) is 57.4. The van der Waals surface area contributed by atoms with Crippen LogP contribution in [0.3, 0.4) is 0 Å². The number of carbonyl (C=O) groups is 3. The largest absolute Gasteiger partial charge is 0.465 e. The van der Waals surface area contributed by atoms with Gasteiger partial charge in [-0.05, 0) is 87.4 Å². The number of nitro groups is 1. The number of anilines is 2. The van der Waals surface area contributed by atoms with Gasteiger partial charge in [0.15, 0.2) is 0 Å². The second-order valence-electron chi connectivity index (χ2n) is 13.0. The molecule has 0 unspecified atom stereocenters. The lowest BCUT2D eigenvalue weighted by Gasteiger charge is -2.40. The number of nitrogens with one attached hydrogen (secondary N) is 1. The van der Waals surface area contributed by atoms with Gasteiger partial charge in [-0.1, -0.05) is 41.4 Å². The Hall–Kier alpha value is -4.06. The molecule has 1 saturated carbocycles. The highest BCUT2D eigenvalue weighted by molar-refractivity contribution is 6.31. The molecule has 0 bridgehead atoms. The first-order valence-corrected chi connectivity index (χ1v) is 16.5. The van der Waals surface area contributed by atoms with Gasteiger partial charge in [0.2, 0.25) is 11.8 Å². The number of piperidine rings is 1. The van der Waals surface area contributed by atoms with Gasteiger partial charge in [-0.3, -0.25) is 24.6 Å². The lowest BCUT2D eigenvalue weighted by atomic mass is 9.72. The van der Waals surface area contributed by atoms with E-state index in [0.717, 1.165) is 12.8 Å². The van der Waals surface area contributed by atoms with Crippen LogP contribution in [0, 0.1) is 41.6 Å². The number of amides is 2. The lowest BCUT2D eigenvalue weighted by Crippen LogP contribution is -2.56. The smallest absolute Gasteiger partial charge is 0.338 e.